The van der Waals surface area contributed by atoms with Gasteiger partial charge in [0.25, 0.3) is 0 Å². The van der Waals surface area contributed by atoms with Gasteiger partial charge in [-0.25, -0.2) is 4.79 Å². The summed E-state index contributed by atoms with van der Waals surface area (Å²) in [6.45, 7) is 7.15. The Labute approximate surface area is 132 Å². The molecule has 0 saturated heterocycles. The molecule has 1 unspecified atom stereocenters. The van der Waals surface area contributed by atoms with Crippen molar-refractivity contribution in [1.82, 2.24) is 4.90 Å². The molecule has 1 saturated carbocycles. The number of aldehydes is 1. The molecule has 1 aliphatic carbocycles. The second-order valence-corrected chi connectivity index (χ2v) is 7.20. The Morgan fingerprint density at radius 2 is 1.73 bits per heavy atom. The second kappa shape index (κ2) is 5.75. The summed E-state index contributed by atoms with van der Waals surface area (Å²) in [5, 5.41) is 0. The number of hydrogen-bond acceptors (Lipinski definition) is 3. The third-order valence-corrected chi connectivity index (χ3v) is 4.14. The van der Waals surface area contributed by atoms with E-state index in [0.29, 0.717) is 5.92 Å². The molecule has 1 aromatic rings. The van der Waals surface area contributed by atoms with Crippen molar-refractivity contribution in [3.63, 3.8) is 0 Å². The topological polar surface area (TPSA) is 46.6 Å². The van der Waals surface area contributed by atoms with Gasteiger partial charge in [0.1, 0.15) is 17.4 Å². The van der Waals surface area contributed by atoms with E-state index in [9.17, 15) is 9.59 Å². The predicted octanol–water partition coefficient (Wildman–Crippen LogP) is 3.85. The molecule has 1 atom stereocenters. The SMILES string of the molecule is CN(C(=O)OC(C)(C)C)C(C)(C=O)c1ccc(C2CC2)cc1. The van der Waals surface area contributed by atoms with Gasteiger partial charge in [-0.2, -0.15) is 0 Å². The molecule has 0 bridgehead atoms. The van der Waals surface area contributed by atoms with Gasteiger partial charge in [0.05, 0.1) is 0 Å². The van der Waals surface area contributed by atoms with E-state index in [-0.39, 0.29) is 0 Å². The summed E-state index contributed by atoms with van der Waals surface area (Å²) in [5.74, 6) is 0.667. The van der Waals surface area contributed by atoms with Crippen LogP contribution >= 0.6 is 0 Å². The molecule has 0 heterocycles. The molecule has 1 aromatic carbocycles. The predicted molar refractivity (Wildman–Crippen MR) is 85.8 cm³/mol. The zero-order valence-electron chi connectivity index (χ0n) is 14.1. The van der Waals surface area contributed by atoms with Gasteiger partial charge in [0.2, 0.25) is 0 Å². The van der Waals surface area contributed by atoms with Gasteiger partial charge in [0, 0.05) is 7.05 Å². The molecule has 4 heteroatoms. The van der Waals surface area contributed by atoms with E-state index >= 15 is 0 Å². The Bertz CT molecular complexity index is 555. The minimum absolute atomic E-state index is 0.506. The van der Waals surface area contributed by atoms with Gasteiger partial charge in [0.15, 0.2) is 0 Å². The Kier molecular flexibility index (Phi) is 4.32. The van der Waals surface area contributed by atoms with Gasteiger partial charge in [-0.3, -0.25) is 4.90 Å². The highest BCUT2D eigenvalue weighted by molar-refractivity contribution is 5.78. The van der Waals surface area contributed by atoms with Crippen molar-refractivity contribution in [1.29, 1.82) is 0 Å². The number of rotatable bonds is 4. The van der Waals surface area contributed by atoms with Crippen molar-refractivity contribution in [3.05, 3.63) is 35.4 Å². The molecule has 1 amide bonds. The van der Waals surface area contributed by atoms with Crippen LogP contribution in [0.15, 0.2) is 24.3 Å². The maximum absolute atomic E-state index is 12.3. The Morgan fingerprint density at radius 1 is 1.18 bits per heavy atom. The van der Waals surface area contributed by atoms with Crippen molar-refractivity contribution in [2.24, 2.45) is 0 Å². The van der Waals surface area contributed by atoms with Crippen LogP contribution in [-0.2, 0) is 15.1 Å². The summed E-state index contributed by atoms with van der Waals surface area (Å²) in [4.78, 5) is 25.3. The fourth-order valence-electron chi connectivity index (χ4n) is 2.37. The van der Waals surface area contributed by atoms with Crippen molar-refractivity contribution in [2.75, 3.05) is 7.05 Å². The lowest BCUT2D eigenvalue weighted by Crippen LogP contribution is -2.48. The van der Waals surface area contributed by atoms with Crippen molar-refractivity contribution in [3.8, 4) is 0 Å². The number of benzene rings is 1. The molecule has 0 aliphatic heterocycles. The van der Waals surface area contributed by atoms with E-state index in [1.165, 1.54) is 23.3 Å². The van der Waals surface area contributed by atoms with Crippen molar-refractivity contribution in [2.45, 2.75) is 57.6 Å². The number of carbonyl (C=O) groups is 2. The standard InChI is InChI=1S/C18H25NO3/c1-17(2,3)22-16(21)19(5)18(4,12-20)15-10-8-14(9-11-15)13-6-7-13/h8-13H,6-7H2,1-5H3. The van der Waals surface area contributed by atoms with Gasteiger partial charge in [-0.05, 0) is 57.6 Å². The maximum atomic E-state index is 12.3. The molecule has 2 rings (SSSR count). The van der Waals surface area contributed by atoms with Gasteiger partial charge >= 0.3 is 6.09 Å². The first kappa shape index (κ1) is 16.5. The minimum Gasteiger partial charge on any atom is -0.444 e. The van der Waals surface area contributed by atoms with Gasteiger partial charge < -0.3 is 9.53 Å². The Hall–Kier alpha value is -1.84. The monoisotopic (exact) mass is 303 g/mol. The summed E-state index contributed by atoms with van der Waals surface area (Å²) in [6.07, 6.45) is 2.76. The summed E-state index contributed by atoms with van der Waals surface area (Å²) in [6, 6.07) is 7.97. The van der Waals surface area contributed by atoms with Crippen LogP contribution < -0.4 is 0 Å². The zero-order chi connectivity index (χ0) is 16.5. The van der Waals surface area contributed by atoms with E-state index in [1.54, 1.807) is 34.7 Å². The highest BCUT2D eigenvalue weighted by Gasteiger charge is 2.37. The molecule has 4 nitrogen and oxygen atoms in total. The molecule has 0 N–H and O–H groups in total. The first-order valence-corrected chi connectivity index (χ1v) is 7.71. The van der Waals surface area contributed by atoms with Crippen molar-refractivity contribution < 1.29 is 14.3 Å². The second-order valence-electron chi connectivity index (χ2n) is 7.20. The molecule has 0 spiro atoms. The first-order chi connectivity index (χ1) is 10.2. The normalized spacial score (nSPS) is 17.5. The smallest absolute Gasteiger partial charge is 0.411 e. The molecule has 0 aromatic heterocycles. The lowest BCUT2D eigenvalue weighted by Gasteiger charge is -2.35. The summed E-state index contributed by atoms with van der Waals surface area (Å²) < 4.78 is 5.37. The molecule has 120 valence electrons. The zero-order valence-corrected chi connectivity index (χ0v) is 14.1. The number of likely N-dealkylation sites (N-methyl/N-ethyl adjacent to an activating group) is 1. The third kappa shape index (κ3) is 3.49. The molecule has 22 heavy (non-hydrogen) atoms. The van der Waals surface area contributed by atoms with E-state index in [1.807, 2.05) is 12.1 Å². The molecular weight excluding hydrogens is 278 g/mol. The third-order valence-electron chi connectivity index (χ3n) is 4.14. The molecular formula is C18H25NO3. The first-order valence-electron chi connectivity index (χ1n) is 7.71. The summed E-state index contributed by atoms with van der Waals surface area (Å²) >= 11 is 0. The van der Waals surface area contributed by atoms with Gasteiger partial charge in [-0.1, -0.05) is 24.3 Å². The molecule has 1 fully saturated rings. The van der Waals surface area contributed by atoms with Crippen LogP contribution in [0, 0.1) is 0 Å². The number of hydrogen-bond donors (Lipinski definition) is 0. The fourth-order valence-corrected chi connectivity index (χ4v) is 2.37. The highest BCUT2D eigenvalue weighted by Crippen LogP contribution is 2.40. The van der Waals surface area contributed by atoms with Crippen LogP contribution in [0.2, 0.25) is 0 Å². The summed E-state index contributed by atoms with van der Waals surface area (Å²) in [7, 11) is 1.59. The van der Waals surface area contributed by atoms with E-state index in [0.717, 1.165) is 11.8 Å². The van der Waals surface area contributed by atoms with Crippen LogP contribution in [0.5, 0.6) is 0 Å². The van der Waals surface area contributed by atoms with E-state index in [2.05, 4.69) is 12.1 Å². The van der Waals surface area contributed by atoms with Crippen LogP contribution in [0.3, 0.4) is 0 Å². The lowest BCUT2D eigenvalue weighted by molar-refractivity contribution is -0.117. The quantitative estimate of drug-likeness (QED) is 0.794. The van der Waals surface area contributed by atoms with E-state index in [4.69, 9.17) is 4.74 Å². The number of ether oxygens (including phenoxy) is 1. The number of carbonyl (C=O) groups excluding carboxylic acids is 2. The average Bonchev–Trinajstić information content (AvgIpc) is 3.28. The van der Waals surface area contributed by atoms with Crippen LogP contribution in [0.1, 0.15) is 57.6 Å². The molecule has 1 aliphatic rings. The maximum Gasteiger partial charge on any atom is 0.411 e. The minimum atomic E-state index is -1.04. The van der Waals surface area contributed by atoms with E-state index < -0.39 is 17.2 Å². The number of nitrogens with zero attached hydrogens (tertiary/aromatic N) is 1. The fraction of sp³-hybridized carbons (Fsp3) is 0.556. The van der Waals surface area contributed by atoms with Crippen LogP contribution in [-0.4, -0.2) is 29.9 Å². The largest absolute Gasteiger partial charge is 0.444 e. The Balaban J connectivity index is 2.22. The van der Waals surface area contributed by atoms with Crippen LogP contribution in [0.25, 0.3) is 0 Å². The average molecular weight is 303 g/mol. The van der Waals surface area contributed by atoms with Crippen molar-refractivity contribution >= 4 is 12.4 Å². The van der Waals surface area contributed by atoms with Gasteiger partial charge in [-0.15, -0.1) is 0 Å². The lowest BCUT2D eigenvalue weighted by atomic mass is 9.91. The summed E-state index contributed by atoms with van der Waals surface area (Å²) in [5.41, 5.74) is 0.465. The molecule has 0 radical (unpaired) electrons. The Morgan fingerprint density at radius 3 is 2.14 bits per heavy atom. The highest BCUT2D eigenvalue weighted by atomic mass is 16.6. The van der Waals surface area contributed by atoms with Crippen LogP contribution in [0.4, 0.5) is 4.79 Å². The number of amides is 1.